The molecule has 0 aromatic carbocycles. The van der Waals surface area contributed by atoms with Crippen LogP contribution in [-0.4, -0.2) is 15.4 Å². The molecule has 1 aliphatic rings. The van der Waals surface area contributed by atoms with E-state index in [2.05, 4.69) is 39.6 Å². The van der Waals surface area contributed by atoms with Crippen LogP contribution in [0.3, 0.4) is 0 Å². The Labute approximate surface area is 150 Å². The third-order valence-electron chi connectivity index (χ3n) is 4.77. The molecule has 1 aliphatic carbocycles. The minimum Gasteiger partial charge on any atom is -0.353 e. The average Bonchev–Trinajstić information content (AvgIpc) is 3.02. The summed E-state index contributed by atoms with van der Waals surface area (Å²) in [5, 5.41) is 4.15. The fraction of sp³-hybridized carbons (Fsp3) is 0.316. The van der Waals surface area contributed by atoms with Crippen molar-refractivity contribution >= 4 is 28.6 Å². The minimum atomic E-state index is -0.267. The van der Waals surface area contributed by atoms with Crippen LogP contribution in [-0.2, 0) is 30.3 Å². The molecule has 0 bridgehead atoms. The van der Waals surface area contributed by atoms with Crippen LogP contribution in [0.5, 0.6) is 0 Å². The van der Waals surface area contributed by atoms with Crippen molar-refractivity contribution in [2.24, 2.45) is 7.05 Å². The van der Waals surface area contributed by atoms with Crippen LogP contribution in [0.4, 0.5) is 0 Å². The Morgan fingerprint density at radius 1 is 1.12 bits per heavy atom. The number of hydrogen-bond acceptors (Lipinski definition) is 3. The van der Waals surface area contributed by atoms with Gasteiger partial charge < -0.3 is 9.47 Å². The van der Waals surface area contributed by atoms with E-state index in [1.165, 1.54) is 15.4 Å². The standard InChI is InChI=1S/C19H20N2OS2/c1-20-10-2-5-15(20)13-21(14-16-6-3-11-23-16)18(22)19(8-9-19)17-7-4-12-24-17/h2-7,10-12H,8-9,13-14H2,1H3. The van der Waals surface area contributed by atoms with Crippen LogP contribution in [0.15, 0.2) is 53.4 Å². The van der Waals surface area contributed by atoms with Crippen molar-refractivity contribution in [1.82, 2.24) is 9.47 Å². The molecule has 1 amide bonds. The zero-order valence-corrected chi connectivity index (χ0v) is 15.3. The van der Waals surface area contributed by atoms with E-state index >= 15 is 0 Å². The first-order valence-corrected chi connectivity index (χ1v) is 9.91. The summed E-state index contributed by atoms with van der Waals surface area (Å²) in [5.41, 5.74) is 0.901. The molecule has 0 spiro atoms. The Bertz CT molecular complexity index is 814. The highest BCUT2D eigenvalue weighted by molar-refractivity contribution is 7.10. The van der Waals surface area contributed by atoms with Crippen molar-refractivity contribution in [3.63, 3.8) is 0 Å². The van der Waals surface area contributed by atoms with Crippen molar-refractivity contribution < 1.29 is 4.79 Å². The molecule has 124 valence electrons. The Morgan fingerprint density at radius 3 is 2.50 bits per heavy atom. The summed E-state index contributed by atoms with van der Waals surface area (Å²) in [6.07, 6.45) is 3.98. The van der Waals surface area contributed by atoms with E-state index in [0.29, 0.717) is 13.1 Å². The summed E-state index contributed by atoms with van der Waals surface area (Å²) < 4.78 is 2.10. The molecule has 0 radical (unpaired) electrons. The summed E-state index contributed by atoms with van der Waals surface area (Å²) in [6, 6.07) is 12.5. The largest absolute Gasteiger partial charge is 0.353 e. The van der Waals surface area contributed by atoms with Gasteiger partial charge in [0.2, 0.25) is 5.91 Å². The first kappa shape index (κ1) is 15.7. The predicted octanol–water partition coefficient (Wildman–Crippen LogP) is 4.41. The summed E-state index contributed by atoms with van der Waals surface area (Å²) in [6.45, 7) is 1.35. The SMILES string of the molecule is Cn1cccc1CN(Cc1cccs1)C(=O)C1(c2cccs2)CC1. The van der Waals surface area contributed by atoms with E-state index in [0.717, 1.165) is 12.8 Å². The number of thiophene rings is 2. The van der Waals surface area contributed by atoms with Gasteiger partial charge >= 0.3 is 0 Å². The molecule has 3 heterocycles. The van der Waals surface area contributed by atoms with Crippen molar-refractivity contribution in [3.05, 3.63) is 68.8 Å². The lowest BCUT2D eigenvalue weighted by Crippen LogP contribution is -2.38. The molecule has 0 saturated heterocycles. The second-order valence-electron chi connectivity index (χ2n) is 6.41. The maximum absolute atomic E-state index is 13.4. The Balaban J connectivity index is 1.62. The maximum atomic E-state index is 13.4. The number of aromatic nitrogens is 1. The number of nitrogens with zero attached hydrogens (tertiary/aromatic N) is 2. The van der Waals surface area contributed by atoms with Crippen molar-refractivity contribution in [1.29, 1.82) is 0 Å². The minimum absolute atomic E-state index is 0.267. The fourth-order valence-corrected chi connectivity index (χ4v) is 4.89. The third kappa shape index (κ3) is 2.82. The van der Waals surface area contributed by atoms with E-state index in [1.807, 2.05) is 30.3 Å². The highest BCUT2D eigenvalue weighted by Gasteiger charge is 2.53. The molecule has 3 aromatic heterocycles. The van der Waals surface area contributed by atoms with Gasteiger partial charge in [-0.05, 0) is 47.9 Å². The number of rotatable bonds is 6. The number of carbonyl (C=O) groups excluding carboxylic acids is 1. The van der Waals surface area contributed by atoms with Crippen molar-refractivity contribution in [3.8, 4) is 0 Å². The number of hydrogen-bond donors (Lipinski definition) is 0. The molecule has 4 rings (SSSR count). The Kier molecular flexibility index (Phi) is 4.06. The average molecular weight is 357 g/mol. The van der Waals surface area contributed by atoms with Gasteiger partial charge in [0, 0.05) is 28.7 Å². The number of aryl methyl sites for hydroxylation is 1. The molecular formula is C19H20N2OS2. The molecule has 0 atom stereocenters. The van der Waals surface area contributed by atoms with Crippen LogP contribution in [0, 0.1) is 0 Å². The number of carbonyl (C=O) groups is 1. The Morgan fingerprint density at radius 2 is 1.92 bits per heavy atom. The summed E-state index contributed by atoms with van der Waals surface area (Å²) in [4.78, 5) is 17.9. The second-order valence-corrected chi connectivity index (χ2v) is 8.39. The summed E-state index contributed by atoms with van der Waals surface area (Å²) in [7, 11) is 2.04. The monoisotopic (exact) mass is 356 g/mol. The van der Waals surface area contributed by atoms with Gasteiger partial charge in [0.15, 0.2) is 0 Å². The van der Waals surface area contributed by atoms with Gasteiger partial charge in [-0.25, -0.2) is 0 Å². The van der Waals surface area contributed by atoms with Gasteiger partial charge in [0.1, 0.15) is 0 Å². The highest BCUT2D eigenvalue weighted by Crippen LogP contribution is 2.51. The van der Waals surface area contributed by atoms with Gasteiger partial charge in [-0.2, -0.15) is 0 Å². The molecule has 5 heteroatoms. The smallest absolute Gasteiger partial charge is 0.234 e. The van der Waals surface area contributed by atoms with Crippen LogP contribution >= 0.6 is 22.7 Å². The molecule has 0 unspecified atom stereocenters. The fourth-order valence-electron chi connectivity index (χ4n) is 3.19. The number of amides is 1. The van der Waals surface area contributed by atoms with Crippen molar-refractivity contribution in [2.45, 2.75) is 31.3 Å². The zero-order valence-electron chi connectivity index (χ0n) is 13.6. The van der Waals surface area contributed by atoms with Crippen molar-refractivity contribution in [2.75, 3.05) is 0 Å². The van der Waals surface area contributed by atoms with Crippen LogP contribution in [0.2, 0.25) is 0 Å². The molecule has 3 nitrogen and oxygen atoms in total. The molecule has 0 N–H and O–H groups in total. The van der Waals surface area contributed by atoms with E-state index in [-0.39, 0.29) is 11.3 Å². The van der Waals surface area contributed by atoms with E-state index < -0.39 is 0 Å². The zero-order chi connectivity index (χ0) is 16.6. The lowest BCUT2D eigenvalue weighted by atomic mass is 10.0. The topological polar surface area (TPSA) is 25.2 Å². The van der Waals surface area contributed by atoms with Crippen LogP contribution in [0.25, 0.3) is 0 Å². The summed E-state index contributed by atoms with van der Waals surface area (Å²) in [5.74, 6) is 0.277. The summed E-state index contributed by atoms with van der Waals surface area (Å²) >= 11 is 3.42. The van der Waals surface area contributed by atoms with Gasteiger partial charge in [-0.15, -0.1) is 22.7 Å². The lowest BCUT2D eigenvalue weighted by molar-refractivity contribution is -0.135. The second kappa shape index (κ2) is 6.22. The van der Waals surface area contributed by atoms with Gasteiger partial charge in [-0.3, -0.25) is 4.79 Å². The van der Waals surface area contributed by atoms with Gasteiger partial charge in [0.05, 0.1) is 18.5 Å². The van der Waals surface area contributed by atoms with Gasteiger partial charge in [-0.1, -0.05) is 12.1 Å². The first-order chi connectivity index (χ1) is 11.7. The Hall–Kier alpha value is -1.85. The maximum Gasteiger partial charge on any atom is 0.234 e. The first-order valence-electron chi connectivity index (χ1n) is 8.15. The van der Waals surface area contributed by atoms with Gasteiger partial charge in [0.25, 0.3) is 0 Å². The molecule has 3 aromatic rings. The van der Waals surface area contributed by atoms with E-state index in [1.54, 1.807) is 22.7 Å². The lowest BCUT2D eigenvalue weighted by Gasteiger charge is -2.27. The van der Waals surface area contributed by atoms with Crippen LogP contribution < -0.4 is 0 Å². The highest BCUT2D eigenvalue weighted by atomic mass is 32.1. The quantitative estimate of drug-likeness (QED) is 0.642. The van der Waals surface area contributed by atoms with Crippen LogP contribution in [0.1, 0.15) is 28.3 Å². The molecular weight excluding hydrogens is 336 g/mol. The predicted molar refractivity (Wildman–Crippen MR) is 99.2 cm³/mol. The van der Waals surface area contributed by atoms with E-state index in [4.69, 9.17) is 0 Å². The molecule has 0 aliphatic heterocycles. The third-order valence-corrected chi connectivity index (χ3v) is 6.71. The molecule has 24 heavy (non-hydrogen) atoms. The molecule has 1 saturated carbocycles. The molecule has 1 fully saturated rings. The van der Waals surface area contributed by atoms with E-state index in [9.17, 15) is 4.79 Å². The normalized spacial score (nSPS) is 15.4.